The van der Waals surface area contributed by atoms with Crippen molar-refractivity contribution in [3.05, 3.63) is 36.4 Å². The fraction of sp³-hybridized carbons (Fsp3) is 0.312. The number of hydrogen-bond acceptors (Lipinski definition) is 5. The number of thiazole rings is 1. The summed E-state index contributed by atoms with van der Waals surface area (Å²) in [7, 11) is 0. The van der Waals surface area contributed by atoms with Gasteiger partial charge in [0.05, 0.1) is 16.0 Å². The van der Waals surface area contributed by atoms with Crippen molar-refractivity contribution >= 4 is 44.9 Å². The molecule has 1 heterocycles. The maximum absolute atomic E-state index is 11.9. The molecule has 2 unspecified atom stereocenters. The molecule has 0 bridgehead atoms. The fourth-order valence-electron chi connectivity index (χ4n) is 2.87. The molecule has 0 saturated heterocycles. The Morgan fingerprint density at radius 2 is 2.36 bits per heavy atom. The van der Waals surface area contributed by atoms with E-state index in [0.29, 0.717) is 17.6 Å². The summed E-state index contributed by atoms with van der Waals surface area (Å²) in [4.78, 5) is 16.4. The highest BCUT2D eigenvalue weighted by Crippen LogP contribution is 2.40. The van der Waals surface area contributed by atoms with E-state index in [2.05, 4.69) is 27.7 Å². The zero-order chi connectivity index (χ0) is 14.9. The molecule has 2 atom stereocenters. The second-order valence-corrected chi connectivity index (χ2v) is 7.77. The minimum absolute atomic E-state index is 0.0637. The molecule has 0 aliphatic heterocycles. The first kappa shape index (κ1) is 14.0. The quantitative estimate of drug-likeness (QED) is 0.531. The lowest BCUT2D eigenvalue weighted by Crippen LogP contribution is -2.35. The predicted molar refractivity (Wildman–Crippen MR) is 91.3 cm³/mol. The number of rotatable bonds is 4. The SMILES string of the molecule is O=C(CSc1nc2ccccc2s1)N/N=C1/CC2C=CCC12. The number of fused-ring (bicyclic) bond motifs is 2. The Morgan fingerprint density at radius 3 is 3.23 bits per heavy atom. The first-order chi connectivity index (χ1) is 10.8. The number of hydrogen-bond donors (Lipinski definition) is 1. The highest BCUT2D eigenvalue weighted by molar-refractivity contribution is 8.01. The highest BCUT2D eigenvalue weighted by atomic mass is 32.2. The number of carbonyl (C=O) groups is 1. The summed E-state index contributed by atoms with van der Waals surface area (Å²) >= 11 is 3.08. The van der Waals surface area contributed by atoms with E-state index in [0.717, 1.165) is 33.1 Å². The van der Waals surface area contributed by atoms with Crippen molar-refractivity contribution in [1.82, 2.24) is 10.4 Å². The van der Waals surface area contributed by atoms with Gasteiger partial charge in [0.15, 0.2) is 4.34 Å². The van der Waals surface area contributed by atoms with Crippen LogP contribution in [-0.4, -0.2) is 22.4 Å². The van der Waals surface area contributed by atoms with Crippen LogP contribution in [0.25, 0.3) is 10.2 Å². The smallest absolute Gasteiger partial charge is 0.250 e. The van der Waals surface area contributed by atoms with E-state index in [1.165, 1.54) is 11.8 Å². The number of allylic oxidation sites excluding steroid dienone is 2. The van der Waals surface area contributed by atoms with E-state index < -0.39 is 0 Å². The molecule has 1 aromatic heterocycles. The summed E-state index contributed by atoms with van der Waals surface area (Å²) in [6, 6.07) is 8.01. The standard InChI is InChI=1S/C16H15N3OS2/c20-15(19-18-13-8-10-4-3-5-11(10)13)9-21-16-17-12-6-1-2-7-14(12)22-16/h1-4,6-7,10-11H,5,8-9H2,(H,19,20)/b18-13-. The lowest BCUT2D eigenvalue weighted by molar-refractivity contribution is -0.118. The van der Waals surface area contributed by atoms with Gasteiger partial charge in [0.1, 0.15) is 0 Å². The Hall–Kier alpha value is -1.66. The summed E-state index contributed by atoms with van der Waals surface area (Å²) in [6.45, 7) is 0. The monoisotopic (exact) mass is 329 g/mol. The van der Waals surface area contributed by atoms with Crippen LogP contribution < -0.4 is 5.43 Å². The third kappa shape index (κ3) is 2.68. The van der Waals surface area contributed by atoms with Gasteiger partial charge in [-0.3, -0.25) is 4.79 Å². The maximum atomic E-state index is 11.9. The summed E-state index contributed by atoms with van der Waals surface area (Å²) < 4.78 is 2.08. The number of aromatic nitrogens is 1. The van der Waals surface area contributed by atoms with E-state index in [1.807, 2.05) is 24.3 Å². The topological polar surface area (TPSA) is 54.4 Å². The zero-order valence-corrected chi connectivity index (χ0v) is 13.5. The van der Waals surface area contributed by atoms with Crippen molar-refractivity contribution in [2.75, 3.05) is 5.75 Å². The van der Waals surface area contributed by atoms with Crippen LogP contribution in [0.2, 0.25) is 0 Å². The minimum Gasteiger partial charge on any atom is -0.272 e. The van der Waals surface area contributed by atoms with Crippen molar-refractivity contribution in [3.8, 4) is 0 Å². The van der Waals surface area contributed by atoms with Gasteiger partial charge in [0.25, 0.3) is 5.91 Å². The largest absolute Gasteiger partial charge is 0.272 e. The van der Waals surface area contributed by atoms with E-state index in [-0.39, 0.29) is 5.91 Å². The molecular formula is C16H15N3OS2. The molecule has 112 valence electrons. The number of carbonyl (C=O) groups excluding carboxylic acids is 1. The first-order valence-electron chi connectivity index (χ1n) is 7.30. The minimum atomic E-state index is -0.0637. The lowest BCUT2D eigenvalue weighted by Gasteiger charge is -2.31. The Kier molecular flexibility index (Phi) is 3.72. The molecule has 2 aliphatic carbocycles. The maximum Gasteiger partial charge on any atom is 0.250 e. The van der Waals surface area contributed by atoms with Crippen LogP contribution in [0.4, 0.5) is 0 Å². The van der Waals surface area contributed by atoms with Crippen LogP contribution in [-0.2, 0) is 4.79 Å². The van der Waals surface area contributed by atoms with Crippen molar-refractivity contribution < 1.29 is 4.79 Å². The third-order valence-corrected chi connectivity index (χ3v) is 6.27. The molecule has 1 aromatic carbocycles. The van der Waals surface area contributed by atoms with Crippen LogP contribution in [0.5, 0.6) is 0 Å². The molecule has 6 heteroatoms. The van der Waals surface area contributed by atoms with Gasteiger partial charge in [-0.2, -0.15) is 5.10 Å². The molecule has 0 spiro atoms. The summed E-state index contributed by atoms with van der Waals surface area (Å²) in [5.74, 6) is 1.49. The summed E-state index contributed by atoms with van der Waals surface area (Å²) in [6.07, 6.45) is 6.53. The molecular weight excluding hydrogens is 314 g/mol. The Bertz CT molecular complexity index is 748. The van der Waals surface area contributed by atoms with Gasteiger partial charge in [0.2, 0.25) is 0 Å². The Morgan fingerprint density at radius 1 is 1.45 bits per heavy atom. The molecule has 2 aliphatic rings. The van der Waals surface area contributed by atoms with Crippen LogP contribution in [0, 0.1) is 11.8 Å². The molecule has 1 amide bonds. The summed E-state index contributed by atoms with van der Waals surface area (Å²) in [5, 5.41) is 4.27. The van der Waals surface area contributed by atoms with Gasteiger partial charge in [-0.1, -0.05) is 36.0 Å². The van der Waals surface area contributed by atoms with Crippen LogP contribution in [0.3, 0.4) is 0 Å². The van der Waals surface area contributed by atoms with E-state index >= 15 is 0 Å². The van der Waals surface area contributed by atoms with E-state index in [9.17, 15) is 4.79 Å². The molecule has 2 aromatic rings. The molecule has 1 N–H and O–H groups in total. The van der Waals surface area contributed by atoms with Crippen LogP contribution in [0.1, 0.15) is 12.8 Å². The number of amides is 1. The van der Waals surface area contributed by atoms with Gasteiger partial charge >= 0.3 is 0 Å². The van der Waals surface area contributed by atoms with E-state index in [4.69, 9.17) is 0 Å². The number of nitrogens with zero attached hydrogens (tertiary/aromatic N) is 2. The number of thioether (sulfide) groups is 1. The number of nitrogens with one attached hydrogen (secondary N) is 1. The third-order valence-electron chi connectivity index (χ3n) is 4.09. The van der Waals surface area contributed by atoms with Crippen molar-refractivity contribution in [3.63, 3.8) is 0 Å². The lowest BCUT2D eigenvalue weighted by atomic mass is 9.74. The van der Waals surface area contributed by atoms with E-state index in [1.54, 1.807) is 11.3 Å². The zero-order valence-electron chi connectivity index (χ0n) is 11.9. The molecule has 4 nitrogen and oxygen atoms in total. The molecule has 0 radical (unpaired) electrons. The Labute approximate surface area is 136 Å². The second kappa shape index (κ2) is 5.85. The predicted octanol–water partition coefficient (Wildman–Crippen LogP) is 3.46. The normalized spacial score (nSPS) is 24.5. The molecule has 4 rings (SSSR count). The number of hydrazone groups is 1. The Balaban J connectivity index is 1.30. The van der Waals surface area contributed by atoms with Crippen LogP contribution in [0.15, 0.2) is 45.9 Å². The van der Waals surface area contributed by atoms with Crippen molar-refractivity contribution in [2.24, 2.45) is 16.9 Å². The summed E-state index contributed by atoms with van der Waals surface area (Å²) in [5.41, 5.74) is 4.80. The average Bonchev–Trinajstić information content (AvgIpc) is 3.09. The van der Waals surface area contributed by atoms with Gasteiger partial charge in [-0.25, -0.2) is 10.4 Å². The van der Waals surface area contributed by atoms with Gasteiger partial charge < -0.3 is 0 Å². The molecule has 22 heavy (non-hydrogen) atoms. The molecule has 1 saturated carbocycles. The second-order valence-electron chi connectivity index (χ2n) is 5.51. The fourth-order valence-corrected chi connectivity index (χ4v) is 4.73. The van der Waals surface area contributed by atoms with Gasteiger partial charge in [-0.05, 0) is 30.9 Å². The van der Waals surface area contributed by atoms with Crippen LogP contribution >= 0.6 is 23.1 Å². The highest BCUT2D eigenvalue weighted by Gasteiger charge is 2.37. The number of para-hydroxylation sites is 1. The van der Waals surface area contributed by atoms with Gasteiger partial charge in [0, 0.05) is 11.6 Å². The number of benzene rings is 1. The van der Waals surface area contributed by atoms with Crippen molar-refractivity contribution in [1.29, 1.82) is 0 Å². The van der Waals surface area contributed by atoms with Gasteiger partial charge in [-0.15, -0.1) is 11.3 Å². The molecule has 1 fully saturated rings. The van der Waals surface area contributed by atoms with Crippen molar-refractivity contribution in [2.45, 2.75) is 17.2 Å². The first-order valence-corrected chi connectivity index (χ1v) is 9.10. The average molecular weight is 329 g/mol.